The number of benzene rings is 2. The van der Waals surface area contributed by atoms with Crippen LogP contribution in [-0.2, 0) is 9.47 Å². The number of epoxide rings is 2. The Balaban J connectivity index is 1.87. The van der Waals surface area contributed by atoms with Gasteiger partial charge in [-0.25, -0.2) is 0 Å². The van der Waals surface area contributed by atoms with E-state index in [0.29, 0.717) is 58.5 Å². The molecular weight excluding hydrogens is 392 g/mol. The van der Waals surface area contributed by atoms with E-state index in [4.69, 9.17) is 28.4 Å². The maximum atomic E-state index is 10.5. The third-order valence-electron chi connectivity index (χ3n) is 5.41. The van der Waals surface area contributed by atoms with Gasteiger partial charge in [0.05, 0.1) is 52.8 Å². The standard InChI is InChI=1S/C22H26O8/c1-25-13-5-11(21(23)17-9-29-17)6-14(26-2)19(13)20-15(27-3)7-12(8-16(20)28-4)22(24)18-10-30-18/h5-8,17-18,21-24H,9-10H2,1-4H3/t17-,18+,21-,22+. The number of hydrogen-bond acceptors (Lipinski definition) is 8. The molecule has 0 spiro atoms. The molecule has 0 unspecified atom stereocenters. The van der Waals surface area contributed by atoms with Gasteiger partial charge in [-0.15, -0.1) is 0 Å². The molecule has 30 heavy (non-hydrogen) atoms. The van der Waals surface area contributed by atoms with Crippen LogP contribution in [0.1, 0.15) is 23.3 Å². The second-order valence-corrected chi connectivity index (χ2v) is 7.23. The third kappa shape index (κ3) is 3.79. The van der Waals surface area contributed by atoms with Crippen LogP contribution < -0.4 is 18.9 Å². The molecule has 2 aliphatic heterocycles. The minimum atomic E-state index is -0.776. The van der Waals surface area contributed by atoms with Gasteiger partial charge in [-0.2, -0.15) is 0 Å². The molecule has 4 rings (SSSR count). The van der Waals surface area contributed by atoms with Crippen molar-refractivity contribution in [1.82, 2.24) is 0 Å². The fourth-order valence-electron chi connectivity index (χ4n) is 3.60. The molecule has 0 bridgehead atoms. The molecule has 0 aliphatic carbocycles. The van der Waals surface area contributed by atoms with E-state index in [-0.39, 0.29) is 12.2 Å². The monoisotopic (exact) mass is 418 g/mol. The van der Waals surface area contributed by atoms with Crippen molar-refractivity contribution in [3.8, 4) is 34.1 Å². The van der Waals surface area contributed by atoms with Gasteiger partial charge < -0.3 is 38.6 Å². The lowest BCUT2D eigenvalue weighted by Crippen LogP contribution is -2.08. The summed E-state index contributed by atoms with van der Waals surface area (Å²) in [4.78, 5) is 0. The lowest BCUT2D eigenvalue weighted by atomic mass is 9.94. The summed E-state index contributed by atoms with van der Waals surface area (Å²) in [6.07, 6.45) is -2.00. The molecule has 2 aromatic rings. The van der Waals surface area contributed by atoms with Crippen molar-refractivity contribution >= 4 is 0 Å². The normalized spacial score (nSPS) is 21.5. The number of methoxy groups -OCH3 is 4. The second-order valence-electron chi connectivity index (χ2n) is 7.23. The first-order valence-electron chi connectivity index (χ1n) is 9.63. The molecule has 2 N–H and O–H groups in total. The Hall–Kier alpha value is -2.52. The summed E-state index contributed by atoms with van der Waals surface area (Å²) < 4.78 is 33.0. The van der Waals surface area contributed by atoms with Gasteiger partial charge in [-0.05, 0) is 35.4 Å². The maximum Gasteiger partial charge on any atom is 0.131 e. The Kier molecular flexibility index (Phi) is 5.75. The van der Waals surface area contributed by atoms with Crippen molar-refractivity contribution in [3.05, 3.63) is 35.4 Å². The third-order valence-corrected chi connectivity index (χ3v) is 5.41. The Morgan fingerprint density at radius 3 is 1.13 bits per heavy atom. The second kappa shape index (κ2) is 8.31. The van der Waals surface area contributed by atoms with Crippen LogP contribution in [0.4, 0.5) is 0 Å². The topological polar surface area (TPSA) is 102 Å². The molecular formula is C22H26O8. The van der Waals surface area contributed by atoms with E-state index in [1.165, 1.54) is 0 Å². The largest absolute Gasteiger partial charge is 0.496 e. The highest BCUT2D eigenvalue weighted by atomic mass is 16.6. The van der Waals surface area contributed by atoms with Crippen LogP contribution in [-0.4, -0.2) is 64.1 Å². The van der Waals surface area contributed by atoms with Crippen LogP contribution in [0.3, 0.4) is 0 Å². The van der Waals surface area contributed by atoms with E-state index in [9.17, 15) is 10.2 Å². The number of aliphatic hydroxyl groups is 2. The molecule has 2 fully saturated rings. The summed E-state index contributed by atoms with van der Waals surface area (Å²) in [6.45, 7) is 1.04. The summed E-state index contributed by atoms with van der Waals surface area (Å²) >= 11 is 0. The molecule has 0 amide bonds. The van der Waals surface area contributed by atoms with E-state index in [1.807, 2.05) is 0 Å². The first-order valence-corrected chi connectivity index (χ1v) is 9.63. The van der Waals surface area contributed by atoms with E-state index < -0.39 is 12.2 Å². The van der Waals surface area contributed by atoms with Crippen LogP contribution in [0, 0.1) is 0 Å². The maximum absolute atomic E-state index is 10.5. The summed E-state index contributed by atoms with van der Waals surface area (Å²) in [7, 11) is 6.18. The zero-order valence-corrected chi connectivity index (χ0v) is 17.4. The summed E-state index contributed by atoms with van der Waals surface area (Å²) in [6, 6.07) is 7.02. The molecule has 2 aromatic carbocycles. The van der Waals surface area contributed by atoms with E-state index in [1.54, 1.807) is 52.7 Å². The van der Waals surface area contributed by atoms with Gasteiger partial charge in [0.2, 0.25) is 0 Å². The van der Waals surface area contributed by atoms with Crippen molar-refractivity contribution in [2.24, 2.45) is 0 Å². The average Bonchev–Trinajstić information content (AvgIpc) is 3.68. The van der Waals surface area contributed by atoms with Crippen LogP contribution >= 0.6 is 0 Å². The highest BCUT2D eigenvalue weighted by Crippen LogP contribution is 2.50. The van der Waals surface area contributed by atoms with Crippen molar-refractivity contribution in [1.29, 1.82) is 0 Å². The number of ether oxygens (including phenoxy) is 6. The summed E-state index contributed by atoms with van der Waals surface area (Å²) in [5.74, 6) is 1.94. The lowest BCUT2D eigenvalue weighted by molar-refractivity contribution is 0.136. The van der Waals surface area contributed by atoms with Gasteiger partial charge >= 0.3 is 0 Å². The molecule has 8 heteroatoms. The SMILES string of the molecule is COc1cc([C@@H](O)[C@H]2CO2)cc(OC)c1-c1c(OC)cc([C@H](O)[C@@H]2CO2)cc1OC. The van der Waals surface area contributed by atoms with Gasteiger partial charge in [0.15, 0.2) is 0 Å². The van der Waals surface area contributed by atoms with Crippen molar-refractivity contribution in [2.45, 2.75) is 24.4 Å². The first-order chi connectivity index (χ1) is 14.5. The van der Waals surface area contributed by atoms with Crippen molar-refractivity contribution in [2.75, 3.05) is 41.7 Å². The predicted octanol–water partition coefficient (Wildman–Crippen LogP) is 2.25. The Labute approximate surface area is 174 Å². The molecule has 8 nitrogen and oxygen atoms in total. The number of hydrogen-bond donors (Lipinski definition) is 2. The number of aliphatic hydroxyl groups excluding tert-OH is 2. The fraction of sp³-hybridized carbons (Fsp3) is 0.455. The predicted molar refractivity (Wildman–Crippen MR) is 107 cm³/mol. The Bertz CT molecular complexity index is 794. The highest BCUT2D eigenvalue weighted by molar-refractivity contribution is 5.86. The smallest absolute Gasteiger partial charge is 0.131 e. The minimum absolute atomic E-state index is 0.222. The van der Waals surface area contributed by atoms with Gasteiger partial charge in [0.1, 0.15) is 47.4 Å². The van der Waals surface area contributed by atoms with Gasteiger partial charge in [0, 0.05) is 0 Å². The van der Waals surface area contributed by atoms with Gasteiger partial charge in [-0.3, -0.25) is 0 Å². The van der Waals surface area contributed by atoms with E-state index in [0.717, 1.165) is 0 Å². The first kappa shape index (κ1) is 20.7. The molecule has 0 saturated carbocycles. The minimum Gasteiger partial charge on any atom is -0.496 e. The van der Waals surface area contributed by atoms with Crippen molar-refractivity contribution in [3.63, 3.8) is 0 Å². The molecule has 0 radical (unpaired) electrons. The summed E-state index contributed by atoms with van der Waals surface area (Å²) in [5.41, 5.74) is 2.49. The van der Waals surface area contributed by atoms with Crippen molar-refractivity contribution < 1.29 is 38.6 Å². The Morgan fingerprint density at radius 2 is 0.933 bits per heavy atom. The fourth-order valence-corrected chi connectivity index (χ4v) is 3.60. The zero-order valence-electron chi connectivity index (χ0n) is 17.4. The van der Waals surface area contributed by atoms with E-state index >= 15 is 0 Å². The molecule has 4 atom stereocenters. The van der Waals surface area contributed by atoms with Crippen LogP contribution in [0.2, 0.25) is 0 Å². The highest BCUT2D eigenvalue weighted by Gasteiger charge is 2.36. The van der Waals surface area contributed by atoms with Gasteiger partial charge in [0.25, 0.3) is 0 Å². The Morgan fingerprint density at radius 1 is 0.667 bits per heavy atom. The summed E-state index contributed by atoms with van der Waals surface area (Å²) in [5, 5.41) is 21.0. The molecule has 162 valence electrons. The van der Waals surface area contributed by atoms with Gasteiger partial charge in [-0.1, -0.05) is 0 Å². The molecule has 2 heterocycles. The van der Waals surface area contributed by atoms with E-state index in [2.05, 4.69) is 0 Å². The molecule has 2 saturated heterocycles. The van der Waals surface area contributed by atoms with Crippen LogP contribution in [0.15, 0.2) is 24.3 Å². The molecule has 0 aromatic heterocycles. The number of rotatable bonds is 9. The zero-order chi connectivity index (χ0) is 21.4. The van der Waals surface area contributed by atoms with Crippen LogP contribution in [0.25, 0.3) is 11.1 Å². The molecule has 2 aliphatic rings. The quantitative estimate of drug-likeness (QED) is 0.598. The average molecular weight is 418 g/mol. The lowest BCUT2D eigenvalue weighted by Gasteiger charge is -2.22. The van der Waals surface area contributed by atoms with Crippen LogP contribution in [0.5, 0.6) is 23.0 Å².